The largest absolute Gasteiger partial charge is 0.454 e. The van der Waals surface area contributed by atoms with Crippen LogP contribution < -0.4 is 25.5 Å². The third-order valence-electron chi connectivity index (χ3n) is 6.93. The summed E-state index contributed by atoms with van der Waals surface area (Å²) in [6.07, 6.45) is 6.90. The van der Waals surface area contributed by atoms with Crippen LogP contribution in [0.2, 0.25) is 0 Å². The predicted octanol–water partition coefficient (Wildman–Crippen LogP) is 4.12. The van der Waals surface area contributed by atoms with Gasteiger partial charge in [0.25, 0.3) is 0 Å². The molecule has 0 radical (unpaired) electrons. The van der Waals surface area contributed by atoms with E-state index in [0.29, 0.717) is 40.1 Å². The molecular weight excluding hydrogens is 364 g/mol. The van der Waals surface area contributed by atoms with Gasteiger partial charge >= 0.3 is 5.63 Å². The van der Waals surface area contributed by atoms with Crippen LogP contribution in [0.5, 0.6) is 11.5 Å². The minimum absolute atomic E-state index is 0.107. The van der Waals surface area contributed by atoms with E-state index >= 15 is 0 Å². The van der Waals surface area contributed by atoms with Crippen molar-refractivity contribution in [1.82, 2.24) is 0 Å². The molecule has 0 spiro atoms. The number of benzene rings is 1. The van der Waals surface area contributed by atoms with Crippen LogP contribution in [0, 0.1) is 23.2 Å². The molecule has 3 atom stereocenters. The van der Waals surface area contributed by atoms with Gasteiger partial charge < -0.3 is 13.9 Å². The highest BCUT2D eigenvalue weighted by Gasteiger charge is 2.35. The van der Waals surface area contributed by atoms with Crippen LogP contribution in [0.15, 0.2) is 33.0 Å². The van der Waals surface area contributed by atoms with Gasteiger partial charge in [-0.3, -0.25) is 0 Å². The number of ether oxygens (including phenoxy) is 2. The smallest absolute Gasteiger partial charge is 0.344 e. The average Bonchev–Trinajstić information content (AvgIpc) is 3.12. The Balaban J connectivity index is 1.98. The molecule has 3 aliphatic rings. The van der Waals surface area contributed by atoms with Crippen molar-refractivity contribution in [3.63, 3.8) is 0 Å². The van der Waals surface area contributed by atoms with Gasteiger partial charge in [0, 0.05) is 5.22 Å². The zero-order valence-electron chi connectivity index (χ0n) is 17.8. The molecular formula is C25H28O4. The van der Waals surface area contributed by atoms with Crippen molar-refractivity contribution < 1.29 is 13.9 Å². The van der Waals surface area contributed by atoms with E-state index in [2.05, 4.69) is 46.8 Å². The Morgan fingerprint density at radius 2 is 1.93 bits per heavy atom. The summed E-state index contributed by atoms with van der Waals surface area (Å²) >= 11 is 0. The van der Waals surface area contributed by atoms with E-state index < -0.39 is 0 Å². The van der Waals surface area contributed by atoms with Crippen molar-refractivity contribution in [1.29, 1.82) is 0 Å². The molecule has 1 aromatic heterocycles. The van der Waals surface area contributed by atoms with E-state index in [0.717, 1.165) is 29.0 Å². The first-order valence-electron chi connectivity index (χ1n) is 10.6. The lowest BCUT2D eigenvalue weighted by molar-refractivity contribution is 0.174. The Labute approximate surface area is 170 Å². The van der Waals surface area contributed by atoms with Crippen molar-refractivity contribution in [2.45, 2.75) is 47.5 Å². The maximum Gasteiger partial charge on any atom is 0.344 e. The Bertz CT molecular complexity index is 1230. The van der Waals surface area contributed by atoms with E-state index in [1.54, 1.807) is 0 Å². The number of fused-ring (bicyclic) bond motifs is 6. The fourth-order valence-corrected chi connectivity index (χ4v) is 5.68. The summed E-state index contributed by atoms with van der Waals surface area (Å²) in [5, 5.41) is 2.51. The van der Waals surface area contributed by atoms with E-state index in [-0.39, 0.29) is 17.8 Å². The number of rotatable bonds is 0. The van der Waals surface area contributed by atoms with Gasteiger partial charge in [0.1, 0.15) is 5.58 Å². The summed E-state index contributed by atoms with van der Waals surface area (Å²) in [6.45, 7) is 11.5. The Morgan fingerprint density at radius 3 is 2.72 bits per heavy atom. The molecule has 152 valence electrons. The van der Waals surface area contributed by atoms with E-state index in [1.165, 1.54) is 5.57 Å². The first-order valence-corrected chi connectivity index (χ1v) is 10.6. The van der Waals surface area contributed by atoms with Crippen LogP contribution in [0.1, 0.15) is 47.5 Å². The quantitative estimate of drug-likeness (QED) is 0.633. The summed E-state index contributed by atoms with van der Waals surface area (Å²) in [5.41, 5.74) is 2.76. The van der Waals surface area contributed by atoms with Crippen molar-refractivity contribution in [2.75, 3.05) is 6.79 Å². The third kappa shape index (κ3) is 2.76. The van der Waals surface area contributed by atoms with Crippen molar-refractivity contribution in [3.05, 3.63) is 44.6 Å². The second kappa shape index (κ2) is 6.25. The van der Waals surface area contributed by atoms with Crippen LogP contribution in [0.4, 0.5) is 0 Å². The molecule has 0 saturated carbocycles. The van der Waals surface area contributed by atoms with Crippen molar-refractivity contribution in [3.8, 4) is 11.5 Å². The number of hydrogen-bond acceptors (Lipinski definition) is 4. The van der Waals surface area contributed by atoms with Crippen molar-refractivity contribution in [2.24, 2.45) is 23.2 Å². The molecule has 2 heterocycles. The van der Waals surface area contributed by atoms with Gasteiger partial charge in [-0.25, -0.2) is 4.79 Å². The van der Waals surface area contributed by atoms with Crippen molar-refractivity contribution >= 4 is 22.6 Å². The lowest BCUT2D eigenvalue weighted by Gasteiger charge is -2.38. The Hall–Kier alpha value is -2.49. The zero-order chi connectivity index (χ0) is 20.5. The van der Waals surface area contributed by atoms with Crippen LogP contribution in [-0.4, -0.2) is 6.79 Å². The molecule has 29 heavy (non-hydrogen) atoms. The highest BCUT2D eigenvalue weighted by molar-refractivity contribution is 5.89. The standard InChI is InChI=1S/C25H28O4/c1-13-8-9-25(4,5)11-15(3)20-19(13)14(2)10-16-21-17(29-24(26)22(16)20)6-7-18-23(21)28-12-27-18/h6-7,10-11,13-14,19H,8-9,12H2,1-5H3/b15-11-. The molecule has 1 aromatic carbocycles. The third-order valence-corrected chi connectivity index (χ3v) is 6.93. The molecule has 5 rings (SSSR count). The lowest BCUT2D eigenvalue weighted by atomic mass is 9.67. The van der Waals surface area contributed by atoms with Gasteiger partial charge in [0.2, 0.25) is 6.79 Å². The molecule has 0 saturated heterocycles. The van der Waals surface area contributed by atoms with Gasteiger partial charge in [-0.05, 0) is 60.6 Å². The van der Waals surface area contributed by atoms with E-state index in [4.69, 9.17) is 13.9 Å². The maximum absolute atomic E-state index is 13.2. The molecule has 1 aliphatic heterocycles. The van der Waals surface area contributed by atoms with Gasteiger partial charge in [-0.15, -0.1) is 0 Å². The lowest BCUT2D eigenvalue weighted by Crippen LogP contribution is -2.47. The van der Waals surface area contributed by atoms with Crippen LogP contribution in [0.25, 0.3) is 22.6 Å². The zero-order valence-corrected chi connectivity index (χ0v) is 17.8. The van der Waals surface area contributed by atoms with Crippen LogP contribution in [-0.2, 0) is 0 Å². The first-order chi connectivity index (χ1) is 13.8. The summed E-state index contributed by atoms with van der Waals surface area (Å²) in [4.78, 5) is 13.2. The summed E-state index contributed by atoms with van der Waals surface area (Å²) in [7, 11) is 0. The average molecular weight is 392 g/mol. The second-order valence-electron chi connectivity index (χ2n) is 9.65. The molecule has 3 unspecified atom stereocenters. The molecule has 0 amide bonds. The maximum atomic E-state index is 13.2. The van der Waals surface area contributed by atoms with Gasteiger partial charge in [-0.1, -0.05) is 45.4 Å². The van der Waals surface area contributed by atoms with E-state index in [1.807, 2.05) is 12.1 Å². The highest BCUT2D eigenvalue weighted by Crippen LogP contribution is 2.44. The minimum Gasteiger partial charge on any atom is -0.454 e. The summed E-state index contributed by atoms with van der Waals surface area (Å²) in [5.74, 6) is 2.51. The summed E-state index contributed by atoms with van der Waals surface area (Å²) in [6, 6.07) is 3.63. The number of allylic oxidation sites excluding steroid dienone is 2. The minimum atomic E-state index is -0.257. The molecule has 0 N–H and O–H groups in total. The van der Waals surface area contributed by atoms with Gasteiger partial charge in [-0.2, -0.15) is 0 Å². The van der Waals surface area contributed by atoms with Crippen LogP contribution >= 0.6 is 0 Å². The predicted molar refractivity (Wildman–Crippen MR) is 114 cm³/mol. The Morgan fingerprint density at radius 1 is 1.14 bits per heavy atom. The van der Waals surface area contributed by atoms with Gasteiger partial charge in [0.05, 0.1) is 10.6 Å². The second-order valence-corrected chi connectivity index (χ2v) is 9.65. The fraction of sp³-hybridized carbons (Fsp3) is 0.480. The molecule has 2 aliphatic carbocycles. The molecule has 2 aromatic rings. The molecule has 4 heteroatoms. The Kier molecular flexibility index (Phi) is 4.00. The van der Waals surface area contributed by atoms with Crippen LogP contribution in [0.3, 0.4) is 0 Å². The molecule has 0 bridgehead atoms. The van der Waals surface area contributed by atoms with E-state index in [9.17, 15) is 4.79 Å². The fourth-order valence-electron chi connectivity index (χ4n) is 5.68. The molecule has 4 nitrogen and oxygen atoms in total. The van der Waals surface area contributed by atoms with Gasteiger partial charge in [0.15, 0.2) is 11.5 Å². The molecule has 0 fully saturated rings. The normalized spacial score (nSPS) is 29.2. The topological polar surface area (TPSA) is 48.7 Å². The first kappa shape index (κ1) is 18.5. The number of hydrogen-bond donors (Lipinski definition) is 0. The SMILES string of the molecule is C/C1=C/C(C)(C)CCC(C)C2C1=c1c(=O)oc3ccc4c(c3c1=CC2C)OCO4. The summed E-state index contributed by atoms with van der Waals surface area (Å²) < 4.78 is 17.2. The highest BCUT2D eigenvalue weighted by atomic mass is 16.7. The monoisotopic (exact) mass is 392 g/mol.